The Morgan fingerprint density at radius 1 is 1.10 bits per heavy atom. The first-order valence-electron chi connectivity index (χ1n) is 9.72. The Bertz CT molecular complexity index is 1140. The van der Waals surface area contributed by atoms with E-state index in [1.165, 1.54) is 29.8 Å². The predicted octanol–water partition coefficient (Wildman–Crippen LogP) is 3.63. The summed E-state index contributed by atoms with van der Waals surface area (Å²) in [6.45, 7) is 2.19. The first kappa shape index (κ1) is 19.7. The molecule has 7 heteroatoms. The summed E-state index contributed by atoms with van der Waals surface area (Å²) in [6.07, 6.45) is 5.51. The van der Waals surface area contributed by atoms with Gasteiger partial charge >= 0.3 is 0 Å². The minimum absolute atomic E-state index is 0.200. The Hall–Kier alpha value is -2.64. The summed E-state index contributed by atoms with van der Waals surface area (Å²) in [6, 6.07) is 11.9. The van der Waals surface area contributed by atoms with E-state index in [1.54, 1.807) is 0 Å². The summed E-state index contributed by atoms with van der Waals surface area (Å²) < 4.78 is 23.2. The third kappa shape index (κ3) is 4.21. The van der Waals surface area contributed by atoms with Gasteiger partial charge in [-0.05, 0) is 86.9 Å². The van der Waals surface area contributed by atoms with Crippen molar-refractivity contribution in [3.05, 3.63) is 59.8 Å². The van der Waals surface area contributed by atoms with Crippen LogP contribution in [0.4, 0.5) is 5.69 Å². The van der Waals surface area contributed by atoms with Gasteiger partial charge in [0.1, 0.15) is 0 Å². The van der Waals surface area contributed by atoms with Crippen LogP contribution in [0.2, 0.25) is 0 Å². The Kier molecular flexibility index (Phi) is 5.19. The average Bonchev–Trinajstić information content (AvgIpc) is 3.11. The third-order valence-corrected chi connectivity index (χ3v) is 6.80. The van der Waals surface area contributed by atoms with Crippen LogP contribution in [-0.2, 0) is 9.84 Å². The van der Waals surface area contributed by atoms with Crippen molar-refractivity contribution in [2.75, 3.05) is 31.7 Å². The van der Waals surface area contributed by atoms with Crippen molar-refractivity contribution in [2.45, 2.75) is 23.7 Å². The fourth-order valence-electron chi connectivity index (χ4n) is 3.93. The first-order chi connectivity index (χ1) is 13.8. The fraction of sp³-hybridized carbons (Fsp3) is 0.318. The van der Waals surface area contributed by atoms with E-state index in [9.17, 15) is 13.2 Å². The minimum Gasteiger partial charge on any atom is -0.361 e. The van der Waals surface area contributed by atoms with E-state index in [0.29, 0.717) is 11.5 Å². The van der Waals surface area contributed by atoms with Gasteiger partial charge in [0.2, 0.25) is 0 Å². The lowest BCUT2D eigenvalue weighted by Gasteiger charge is -2.28. The summed E-state index contributed by atoms with van der Waals surface area (Å²) >= 11 is 0. The van der Waals surface area contributed by atoms with E-state index < -0.39 is 9.84 Å². The molecule has 1 saturated heterocycles. The van der Waals surface area contributed by atoms with Gasteiger partial charge in [-0.1, -0.05) is 0 Å². The molecule has 1 aliphatic rings. The van der Waals surface area contributed by atoms with Crippen LogP contribution < -0.4 is 5.32 Å². The van der Waals surface area contributed by atoms with Crippen LogP contribution in [0.5, 0.6) is 0 Å². The molecule has 6 nitrogen and oxygen atoms in total. The van der Waals surface area contributed by atoms with Crippen LogP contribution >= 0.6 is 0 Å². The molecule has 2 aromatic carbocycles. The van der Waals surface area contributed by atoms with Crippen LogP contribution in [0, 0.1) is 0 Å². The molecule has 29 heavy (non-hydrogen) atoms. The van der Waals surface area contributed by atoms with Crippen molar-refractivity contribution in [1.29, 1.82) is 0 Å². The van der Waals surface area contributed by atoms with Gasteiger partial charge in [0.15, 0.2) is 9.84 Å². The lowest BCUT2D eigenvalue weighted by molar-refractivity contribution is 0.102. The quantitative estimate of drug-likeness (QED) is 0.687. The van der Waals surface area contributed by atoms with Gasteiger partial charge in [-0.2, -0.15) is 0 Å². The lowest BCUT2D eigenvalue weighted by Crippen LogP contribution is -2.29. The highest BCUT2D eigenvalue weighted by atomic mass is 32.2. The number of rotatable bonds is 4. The van der Waals surface area contributed by atoms with E-state index in [0.717, 1.165) is 48.8 Å². The van der Waals surface area contributed by atoms with Gasteiger partial charge in [-0.15, -0.1) is 0 Å². The van der Waals surface area contributed by atoms with Crippen LogP contribution in [0.15, 0.2) is 53.6 Å². The highest BCUT2D eigenvalue weighted by Crippen LogP contribution is 2.34. The van der Waals surface area contributed by atoms with Gasteiger partial charge in [0, 0.05) is 34.6 Å². The molecule has 0 radical (unpaired) electrons. The number of fused-ring (bicyclic) bond motifs is 1. The molecule has 2 N–H and O–H groups in total. The van der Waals surface area contributed by atoms with E-state index in [-0.39, 0.29) is 10.8 Å². The number of piperidine rings is 1. The van der Waals surface area contributed by atoms with Gasteiger partial charge < -0.3 is 15.2 Å². The average molecular weight is 412 g/mol. The number of carbonyl (C=O) groups is 1. The molecular formula is C22H25N3O3S. The largest absolute Gasteiger partial charge is 0.361 e. The number of nitrogens with one attached hydrogen (secondary N) is 2. The summed E-state index contributed by atoms with van der Waals surface area (Å²) in [5.41, 5.74) is 3.52. The van der Waals surface area contributed by atoms with Crippen molar-refractivity contribution in [3.63, 3.8) is 0 Å². The van der Waals surface area contributed by atoms with Crippen LogP contribution in [-0.4, -0.2) is 50.6 Å². The second kappa shape index (κ2) is 7.65. The number of likely N-dealkylation sites (tertiary alicyclic amines) is 1. The second-order valence-corrected chi connectivity index (χ2v) is 9.85. The molecule has 0 bridgehead atoms. The summed E-state index contributed by atoms with van der Waals surface area (Å²) in [5, 5.41) is 4.07. The highest BCUT2D eigenvalue weighted by molar-refractivity contribution is 7.90. The Morgan fingerprint density at radius 2 is 1.79 bits per heavy atom. The molecule has 1 aliphatic heterocycles. The topological polar surface area (TPSA) is 82.3 Å². The molecule has 4 rings (SSSR count). The van der Waals surface area contributed by atoms with Crippen LogP contribution in [0.1, 0.15) is 34.7 Å². The number of H-pyrrole nitrogens is 1. The Balaban J connectivity index is 1.55. The zero-order valence-electron chi connectivity index (χ0n) is 16.6. The fourth-order valence-corrected chi connectivity index (χ4v) is 4.56. The van der Waals surface area contributed by atoms with Crippen molar-refractivity contribution >= 4 is 32.3 Å². The number of benzene rings is 2. The zero-order valence-corrected chi connectivity index (χ0v) is 17.4. The molecule has 2 heterocycles. The van der Waals surface area contributed by atoms with Gasteiger partial charge in [0.05, 0.1) is 4.90 Å². The van der Waals surface area contributed by atoms with E-state index in [1.807, 2.05) is 18.2 Å². The molecule has 1 amide bonds. The number of aromatic nitrogens is 1. The number of carbonyl (C=O) groups excluding carboxylic acids is 1. The maximum atomic E-state index is 12.6. The number of anilines is 1. The van der Waals surface area contributed by atoms with Crippen LogP contribution in [0.3, 0.4) is 0 Å². The van der Waals surface area contributed by atoms with E-state index in [2.05, 4.69) is 28.4 Å². The number of hydrogen-bond acceptors (Lipinski definition) is 4. The predicted molar refractivity (Wildman–Crippen MR) is 115 cm³/mol. The smallest absolute Gasteiger partial charge is 0.255 e. The second-order valence-electron chi connectivity index (χ2n) is 7.83. The van der Waals surface area contributed by atoms with Gasteiger partial charge in [-0.3, -0.25) is 4.79 Å². The number of amides is 1. The number of sulfone groups is 1. The standard InChI is InChI=1S/C22H25N3O3S/c1-25-11-9-15(10-12-25)20-14-23-21-8-5-17(13-19(20)21)24-22(26)16-3-6-18(7-4-16)29(2,27)28/h3-8,13-15,23H,9-12H2,1-2H3,(H,24,26). The number of aromatic amines is 1. The highest BCUT2D eigenvalue weighted by Gasteiger charge is 2.21. The molecule has 0 saturated carbocycles. The van der Waals surface area contributed by atoms with E-state index in [4.69, 9.17) is 0 Å². The maximum absolute atomic E-state index is 12.6. The number of nitrogens with zero attached hydrogens (tertiary/aromatic N) is 1. The van der Waals surface area contributed by atoms with Crippen molar-refractivity contribution < 1.29 is 13.2 Å². The van der Waals surface area contributed by atoms with Crippen LogP contribution in [0.25, 0.3) is 10.9 Å². The summed E-state index contributed by atoms with van der Waals surface area (Å²) in [7, 11) is -1.12. The monoisotopic (exact) mass is 411 g/mol. The molecule has 1 fully saturated rings. The molecule has 1 aromatic heterocycles. The van der Waals surface area contributed by atoms with Crippen molar-refractivity contribution in [1.82, 2.24) is 9.88 Å². The zero-order chi connectivity index (χ0) is 20.6. The molecule has 0 spiro atoms. The minimum atomic E-state index is -3.28. The molecule has 3 aromatic rings. The molecule has 0 unspecified atom stereocenters. The summed E-state index contributed by atoms with van der Waals surface area (Å²) in [4.78, 5) is 18.5. The third-order valence-electron chi connectivity index (χ3n) is 5.67. The van der Waals surface area contributed by atoms with E-state index >= 15 is 0 Å². The normalized spacial score (nSPS) is 16.2. The Labute approximate surface area is 170 Å². The number of hydrogen-bond donors (Lipinski definition) is 2. The van der Waals surface area contributed by atoms with Crippen molar-refractivity contribution in [2.24, 2.45) is 0 Å². The summed E-state index contributed by atoms with van der Waals surface area (Å²) in [5.74, 6) is 0.259. The Morgan fingerprint density at radius 3 is 2.45 bits per heavy atom. The molecule has 0 atom stereocenters. The molecule has 152 valence electrons. The lowest BCUT2D eigenvalue weighted by atomic mass is 9.89. The van der Waals surface area contributed by atoms with Gasteiger partial charge in [-0.25, -0.2) is 8.42 Å². The van der Waals surface area contributed by atoms with Gasteiger partial charge in [0.25, 0.3) is 5.91 Å². The molecular weight excluding hydrogens is 386 g/mol. The molecule has 0 aliphatic carbocycles. The first-order valence-corrected chi connectivity index (χ1v) is 11.6. The maximum Gasteiger partial charge on any atom is 0.255 e. The SMILES string of the molecule is CN1CCC(c2c[nH]c3ccc(NC(=O)c4ccc(S(C)(=O)=O)cc4)cc23)CC1. The van der Waals surface area contributed by atoms with Crippen molar-refractivity contribution in [3.8, 4) is 0 Å².